The minimum Gasteiger partial charge on any atom is -0.504 e. The van der Waals surface area contributed by atoms with Crippen molar-refractivity contribution in [3.63, 3.8) is 0 Å². The van der Waals surface area contributed by atoms with Crippen molar-refractivity contribution in [3.05, 3.63) is 53.6 Å². The van der Waals surface area contributed by atoms with Crippen LogP contribution in [0.15, 0.2) is 42.5 Å². The summed E-state index contributed by atoms with van der Waals surface area (Å²) < 4.78 is 0. The van der Waals surface area contributed by atoms with Gasteiger partial charge in [-0.3, -0.25) is 4.79 Å². The van der Waals surface area contributed by atoms with Crippen LogP contribution in [0.25, 0.3) is 0 Å². The maximum atomic E-state index is 12.4. The summed E-state index contributed by atoms with van der Waals surface area (Å²) >= 11 is 0. The average molecular weight is 285 g/mol. The summed E-state index contributed by atoms with van der Waals surface area (Å²) in [5.41, 5.74) is 2.63. The highest BCUT2D eigenvalue weighted by molar-refractivity contribution is 5.94. The Morgan fingerprint density at radius 1 is 1.10 bits per heavy atom. The van der Waals surface area contributed by atoms with Crippen LogP contribution in [0.5, 0.6) is 11.5 Å². The fourth-order valence-corrected chi connectivity index (χ4v) is 2.25. The molecule has 0 aliphatic rings. The van der Waals surface area contributed by atoms with E-state index in [2.05, 4.69) is 0 Å². The van der Waals surface area contributed by atoms with Gasteiger partial charge in [-0.1, -0.05) is 18.2 Å². The van der Waals surface area contributed by atoms with Crippen molar-refractivity contribution in [2.24, 2.45) is 0 Å². The van der Waals surface area contributed by atoms with Crippen LogP contribution < -0.4 is 4.90 Å². The molecule has 1 amide bonds. The number of carbonyl (C=O) groups excluding carboxylic acids is 1. The Kier molecular flexibility index (Phi) is 4.48. The third kappa shape index (κ3) is 3.54. The first-order chi connectivity index (χ1) is 10.0. The normalized spacial score (nSPS) is 10.4. The van der Waals surface area contributed by atoms with Crippen LogP contribution in [0.4, 0.5) is 5.69 Å². The predicted octanol–water partition coefficient (Wildman–Crippen LogP) is 3.00. The molecule has 0 unspecified atom stereocenters. The number of hydrogen-bond acceptors (Lipinski definition) is 3. The first-order valence-corrected chi connectivity index (χ1v) is 6.89. The van der Waals surface area contributed by atoms with Crippen LogP contribution in [0, 0.1) is 6.92 Å². The standard InChI is InChI=1S/C17H19NO3/c1-3-18(14-6-4-5-12(2)9-14)17(21)11-13-7-8-15(19)16(20)10-13/h4-10,19-20H,3,11H2,1-2H3. The van der Waals surface area contributed by atoms with E-state index in [-0.39, 0.29) is 23.8 Å². The molecule has 4 heteroatoms. The SMILES string of the molecule is CCN(C(=O)Cc1ccc(O)c(O)c1)c1cccc(C)c1. The van der Waals surface area contributed by atoms with Crippen molar-refractivity contribution in [3.8, 4) is 11.5 Å². The lowest BCUT2D eigenvalue weighted by Gasteiger charge is -2.21. The van der Waals surface area contributed by atoms with Crippen molar-refractivity contribution in [1.82, 2.24) is 0 Å². The topological polar surface area (TPSA) is 60.8 Å². The second kappa shape index (κ2) is 6.31. The number of hydrogen-bond donors (Lipinski definition) is 2. The molecule has 0 aromatic heterocycles. The van der Waals surface area contributed by atoms with Gasteiger partial charge in [-0.15, -0.1) is 0 Å². The Labute approximate surface area is 124 Å². The molecule has 0 spiro atoms. The highest BCUT2D eigenvalue weighted by Crippen LogP contribution is 2.25. The van der Waals surface area contributed by atoms with Gasteiger partial charge in [-0.2, -0.15) is 0 Å². The Balaban J connectivity index is 2.18. The van der Waals surface area contributed by atoms with E-state index in [1.165, 1.54) is 12.1 Å². The van der Waals surface area contributed by atoms with Gasteiger partial charge in [0.2, 0.25) is 5.91 Å². The Morgan fingerprint density at radius 3 is 2.48 bits per heavy atom. The van der Waals surface area contributed by atoms with Crippen molar-refractivity contribution in [1.29, 1.82) is 0 Å². The van der Waals surface area contributed by atoms with E-state index in [1.54, 1.807) is 11.0 Å². The molecule has 0 saturated carbocycles. The molecule has 4 nitrogen and oxygen atoms in total. The number of phenols is 2. The maximum Gasteiger partial charge on any atom is 0.231 e. The quantitative estimate of drug-likeness (QED) is 0.849. The van der Waals surface area contributed by atoms with E-state index >= 15 is 0 Å². The highest BCUT2D eigenvalue weighted by atomic mass is 16.3. The summed E-state index contributed by atoms with van der Waals surface area (Å²) in [6, 6.07) is 12.2. The van der Waals surface area contributed by atoms with Crippen LogP contribution in [-0.2, 0) is 11.2 Å². The summed E-state index contributed by atoms with van der Waals surface area (Å²) in [5.74, 6) is -0.440. The van der Waals surface area contributed by atoms with Gasteiger partial charge >= 0.3 is 0 Å². The van der Waals surface area contributed by atoms with Gasteiger partial charge in [0.15, 0.2) is 11.5 Å². The lowest BCUT2D eigenvalue weighted by Crippen LogP contribution is -2.32. The van der Waals surface area contributed by atoms with Crippen LogP contribution >= 0.6 is 0 Å². The molecule has 2 aromatic rings. The molecule has 0 atom stereocenters. The molecule has 0 bridgehead atoms. The minimum absolute atomic E-state index is 0.0480. The molecular weight excluding hydrogens is 266 g/mol. The zero-order chi connectivity index (χ0) is 15.4. The highest BCUT2D eigenvalue weighted by Gasteiger charge is 2.15. The number of phenolic OH excluding ortho intramolecular Hbond substituents is 2. The van der Waals surface area contributed by atoms with Gasteiger partial charge < -0.3 is 15.1 Å². The van der Waals surface area contributed by atoms with E-state index in [4.69, 9.17) is 0 Å². The summed E-state index contributed by atoms with van der Waals surface area (Å²) in [6.45, 7) is 4.49. The van der Waals surface area contributed by atoms with E-state index in [0.29, 0.717) is 12.1 Å². The molecule has 0 fully saturated rings. The fraction of sp³-hybridized carbons (Fsp3) is 0.235. The Morgan fingerprint density at radius 2 is 1.86 bits per heavy atom. The number of anilines is 1. The molecule has 110 valence electrons. The van der Waals surface area contributed by atoms with Crippen LogP contribution in [0.3, 0.4) is 0 Å². The van der Waals surface area contributed by atoms with Gasteiger partial charge in [0.25, 0.3) is 0 Å². The van der Waals surface area contributed by atoms with E-state index in [9.17, 15) is 15.0 Å². The number of aromatic hydroxyl groups is 2. The molecule has 0 heterocycles. The fourth-order valence-electron chi connectivity index (χ4n) is 2.25. The van der Waals surface area contributed by atoms with Crippen molar-refractivity contribution in [2.75, 3.05) is 11.4 Å². The molecule has 21 heavy (non-hydrogen) atoms. The first-order valence-electron chi connectivity index (χ1n) is 6.89. The zero-order valence-corrected chi connectivity index (χ0v) is 12.2. The number of likely N-dealkylation sites (N-methyl/N-ethyl adjacent to an activating group) is 1. The predicted molar refractivity (Wildman–Crippen MR) is 82.7 cm³/mol. The third-order valence-electron chi connectivity index (χ3n) is 3.33. The zero-order valence-electron chi connectivity index (χ0n) is 12.2. The summed E-state index contributed by atoms with van der Waals surface area (Å²) in [5, 5.41) is 18.8. The molecule has 0 aliphatic carbocycles. The van der Waals surface area contributed by atoms with Crippen molar-refractivity contribution < 1.29 is 15.0 Å². The van der Waals surface area contributed by atoms with Gasteiger partial charge in [0, 0.05) is 12.2 Å². The van der Waals surface area contributed by atoms with Gasteiger partial charge in [0.1, 0.15) is 0 Å². The van der Waals surface area contributed by atoms with Gasteiger partial charge in [0.05, 0.1) is 6.42 Å². The Bertz CT molecular complexity index is 652. The first kappa shape index (κ1) is 14.9. The average Bonchev–Trinajstić information content (AvgIpc) is 2.44. The second-order valence-corrected chi connectivity index (χ2v) is 4.98. The minimum atomic E-state index is -0.209. The van der Waals surface area contributed by atoms with Crippen LogP contribution in [-0.4, -0.2) is 22.7 Å². The lowest BCUT2D eigenvalue weighted by molar-refractivity contribution is -0.117. The lowest BCUT2D eigenvalue weighted by atomic mass is 10.1. The monoisotopic (exact) mass is 285 g/mol. The van der Waals surface area contributed by atoms with Crippen molar-refractivity contribution >= 4 is 11.6 Å². The summed E-state index contributed by atoms with van der Waals surface area (Å²) in [4.78, 5) is 14.1. The smallest absolute Gasteiger partial charge is 0.231 e. The van der Waals surface area contributed by atoms with E-state index < -0.39 is 0 Å². The van der Waals surface area contributed by atoms with Crippen LogP contribution in [0.2, 0.25) is 0 Å². The molecule has 0 radical (unpaired) electrons. The molecular formula is C17H19NO3. The van der Waals surface area contributed by atoms with Gasteiger partial charge in [-0.25, -0.2) is 0 Å². The van der Waals surface area contributed by atoms with Gasteiger partial charge in [-0.05, 0) is 49.2 Å². The Hall–Kier alpha value is -2.49. The summed E-state index contributed by atoms with van der Waals surface area (Å²) in [7, 11) is 0. The third-order valence-corrected chi connectivity index (χ3v) is 3.33. The summed E-state index contributed by atoms with van der Waals surface area (Å²) in [6.07, 6.45) is 0.176. The van der Waals surface area contributed by atoms with Crippen molar-refractivity contribution in [2.45, 2.75) is 20.3 Å². The number of benzene rings is 2. The number of aryl methyl sites for hydroxylation is 1. The molecule has 2 aromatic carbocycles. The number of nitrogens with zero attached hydrogens (tertiary/aromatic N) is 1. The number of rotatable bonds is 4. The number of carbonyl (C=O) groups is 1. The van der Waals surface area contributed by atoms with E-state index in [1.807, 2.05) is 38.1 Å². The largest absolute Gasteiger partial charge is 0.504 e. The molecule has 2 N–H and O–H groups in total. The molecule has 0 saturated heterocycles. The maximum absolute atomic E-state index is 12.4. The number of amides is 1. The van der Waals surface area contributed by atoms with E-state index in [0.717, 1.165) is 11.3 Å². The second-order valence-electron chi connectivity index (χ2n) is 4.98. The molecule has 0 aliphatic heterocycles. The van der Waals surface area contributed by atoms with Crippen LogP contribution in [0.1, 0.15) is 18.1 Å². The molecule has 2 rings (SSSR count).